The molecule has 0 bridgehead atoms. The van der Waals surface area contributed by atoms with E-state index in [2.05, 4.69) is 20.8 Å². The maximum absolute atomic E-state index is 11.7. The highest BCUT2D eigenvalue weighted by Crippen LogP contribution is 2.18. The fourth-order valence-electron chi connectivity index (χ4n) is 1.68. The van der Waals surface area contributed by atoms with Crippen LogP contribution in [0.25, 0.3) is 0 Å². The zero-order chi connectivity index (χ0) is 14.2. The van der Waals surface area contributed by atoms with E-state index >= 15 is 0 Å². The topological polar surface area (TPSA) is 29.5 Å². The molecule has 1 saturated heterocycles. The van der Waals surface area contributed by atoms with Crippen molar-refractivity contribution in [3.8, 4) is 0 Å². The van der Waals surface area contributed by atoms with E-state index in [1.165, 1.54) is 19.3 Å². The zero-order valence-electron chi connectivity index (χ0n) is 13.1. The van der Waals surface area contributed by atoms with Gasteiger partial charge in [0, 0.05) is 13.1 Å². The number of ether oxygens (including phenoxy) is 1. The molecule has 0 radical (unpaired) electrons. The Labute approximate surface area is 113 Å². The normalized spacial score (nSPS) is 19.9. The van der Waals surface area contributed by atoms with E-state index in [1.807, 2.05) is 25.7 Å². The van der Waals surface area contributed by atoms with Crippen molar-refractivity contribution in [2.45, 2.75) is 72.8 Å². The molecule has 108 valence electrons. The lowest BCUT2D eigenvalue weighted by molar-refractivity contribution is 0.0174. The predicted molar refractivity (Wildman–Crippen MR) is 76.8 cm³/mol. The molecule has 1 fully saturated rings. The van der Waals surface area contributed by atoms with Crippen LogP contribution in [0.3, 0.4) is 0 Å². The molecule has 18 heavy (non-hydrogen) atoms. The van der Waals surface area contributed by atoms with Gasteiger partial charge in [0.15, 0.2) is 0 Å². The Hall–Kier alpha value is -0.730. The van der Waals surface area contributed by atoms with E-state index in [0.717, 1.165) is 19.5 Å². The Morgan fingerprint density at radius 1 is 1.28 bits per heavy atom. The summed E-state index contributed by atoms with van der Waals surface area (Å²) in [6.45, 7) is 13.9. The molecule has 0 aromatic heterocycles. The highest BCUT2D eigenvalue weighted by atomic mass is 16.6. The van der Waals surface area contributed by atoms with Gasteiger partial charge in [-0.2, -0.15) is 0 Å². The molecular formula is C15H31NO2. The molecule has 0 saturated carbocycles. The van der Waals surface area contributed by atoms with Gasteiger partial charge in [0.25, 0.3) is 0 Å². The van der Waals surface area contributed by atoms with Gasteiger partial charge in [0.2, 0.25) is 0 Å². The molecule has 0 aromatic carbocycles. The Morgan fingerprint density at radius 3 is 2.22 bits per heavy atom. The van der Waals surface area contributed by atoms with Crippen LogP contribution >= 0.6 is 0 Å². The number of rotatable bonds is 1. The Kier molecular flexibility index (Phi) is 8.05. The van der Waals surface area contributed by atoms with Crippen molar-refractivity contribution in [1.29, 1.82) is 0 Å². The van der Waals surface area contributed by atoms with Crippen LogP contribution < -0.4 is 0 Å². The van der Waals surface area contributed by atoms with Gasteiger partial charge in [-0.1, -0.05) is 33.6 Å². The molecule has 1 rings (SSSR count). The summed E-state index contributed by atoms with van der Waals surface area (Å²) in [4.78, 5) is 13.5. The minimum atomic E-state index is -0.377. The van der Waals surface area contributed by atoms with E-state index in [4.69, 9.17) is 4.74 Å². The molecule has 0 aromatic rings. The van der Waals surface area contributed by atoms with Crippen molar-refractivity contribution in [1.82, 2.24) is 4.90 Å². The summed E-state index contributed by atoms with van der Waals surface area (Å²) < 4.78 is 5.31. The fourth-order valence-corrected chi connectivity index (χ4v) is 1.68. The minimum absolute atomic E-state index is 0.163. The van der Waals surface area contributed by atoms with Gasteiger partial charge < -0.3 is 9.64 Å². The van der Waals surface area contributed by atoms with Gasteiger partial charge in [0.05, 0.1) is 0 Å². The number of carbonyl (C=O) groups is 1. The molecule has 1 aliphatic rings. The first-order chi connectivity index (χ1) is 8.30. The number of hydrogen-bond donors (Lipinski definition) is 0. The second-order valence-electron chi connectivity index (χ2n) is 6.17. The van der Waals surface area contributed by atoms with Crippen molar-refractivity contribution < 1.29 is 9.53 Å². The van der Waals surface area contributed by atoms with E-state index in [0.29, 0.717) is 5.92 Å². The van der Waals surface area contributed by atoms with Crippen LogP contribution in [0, 0.1) is 5.92 Å². The standard InChI is InChI=1S/C11H21NO2.C4H10/c1-9-6-5-7-12(8-9)10(13)14-11(2,3)4;1-3-4-2/h9H,5-8H2,1-4H3;3-4H2,1-2H3. The third-order valence-corrected chi connectivity index (χ3v) is 2.81. The van der Waals surface area contributed by atoms with Crippen LogP contribution in [0.4, 0.5) is 4.79 Å². The van der Waals surface area contributed by atoms with Crippen LogP contribution in [0.15, 0.2) is 0 Å². The Balaban J connectivity index is 0.000000631. The van der Waals surface area contributed by atoms with Crippen molar-refractivity contribution in [3.05, 3.63) is 0 Å². The quantitative estimate of drug-likeness (QED) is 0.694. The molecule has 1 heterocycles. The van der Waals surface area contributed by atoms with Crippen molar-refractivity contribution in [3.63, 3.8) is 0 Å². The summed E-state index contributed by atoms with van der Waals surface area (Å²) in [6, 6.07) is 0. The van der Waals surface area contributed by atoms with Crippen molar-refractivity contribution in [2.75, 3.05) is 13.1 Å². The zero-order valence-corrected chi connectivity index (χ0v) is 13.1. The first kappa shape index (κ1) is 17.3. The van der Waals surface area contributed by atoms with Gasteiger partial charge in [-0.15, -0.1) is 0 Å². The second kappa shape index (κ2) is 8.39. The summed E-state index contributed by atoms with van der Waals surface area (Å²) in [5.41, 5.74) is -0.377. The molecule has 3 nitrogen and oxygen atoms in total. The monoisotopic (exact) mass is 257 g/mol. The summed E-state index contributed by atoms with van der Waals surface area (Å²) in [5.74, 6) is 0.608. The summed E-state index contributed by atoms with van der Waals surface area (Å²) >= 11 is 0. The average molecular weight is 257 g/mol. The van der Waals surface area contributed by atoms with E-state index < -0.39 is 0 Å². The predicted octanol–water partition coefficient (Wildman–Crippen LogP) is 4.46. The lowest BCUT2D eigenvalue weighted by Gasteiger charge is -2.32. The minimum Gasteiger partial charge on any atom is -0.444 e. The second-order valence-corrected chi connectivity index (χ2v) is 6.17. The first-order valence-electron chi connectivity index (χ1n) is 7.28. The molecular weight excluding hydrogens is 226 g/mol. The number of carbonyl (C=O) groups excluding carboxylic acids is 1. The maximum Gasteiger partial charge on any atom is 0.410 e. The van der Waals surface area contributed by atoms with Crippen LogP contribution in [0.1, 0.15) is 67.2 Å². The smallest absolute Gasteiger partial charge is 0.410 e. The number of likely N-dealkylation sites (tertiary alicyclic amines) is 1. The average Bonchev–Trinajstić information content (AvgIpc) is 2.27. The van der Waals surface area contributed by atoms with E-state index in [1.54, 1.807) is 0 Å². The van der Waals surface area contributed by atoms with Crippen LogP contribution in [0.2, 0.25) is 0 Å². The number of hydrogen-bond acceptors (Lipinski definition) is 2. The third-order valence-electron chi connectivity index (χ3n) is 2.81. The molecule has 1 amide bonds. The Bertz CT molecular complexity index is 231. The molecule has 1 atom stereocenters. The molecule has 0 N–H and O–H groups in total. The molecule has 0 aliphatic carbocycles. The number of piperidine rings is 1. The molecule has 0 spiro atoms. The van der Waals surface area contributed by atoms with E-state index in [9.17, 15) is 4.79 Å². The lowest BCUT2D eigenvalue weighted by atomic mass is 10.0. The third kappa shape index (κ3) is 8.37. The number of unbranched alkanes of at least 4 members (excludes halogenated alkanes) is 1. The maximum atomic E-state index is 11.7. The van der Waals surface area contributed by atoms with Crippen LogP contribution in [-0.4, -0.2) is 29.7 Å². The van der Waals surface area contributed by atoms with Gasteiger partial charge in [-0.25, -0.2) is 4.79 Å². The molecule has 3 heteroatoms. The fraction of sp³-hybridized carbons (Fsp3) is 0.933. The van der Waals surface area contributed by atoms with Gasteiger partial charge >= 0.3 is 6.09 Å². The first-order valence-corrected chi connectivity index (χ1v) is 7.28. The molecule has 1 unspecified atom stereocenters. The number of amides is 1. The van der Waals surface area contributed by atoms with Crippen LogP contribution in [0.5, 0.6) is 0 Å². The van der Waals surface area contributed by atoms with Crippen LogP contribution in [-0.2, 0) is 4.74 Å². The highest BCUT2D eigenvalue weighted by Gasteiger charge is 2.25. The van der Waals surface area contributed by atoms with Gasteiger partial charge in [-0.05, 0) is 39.5 Å². The van der Waals surface area contributed by atoms with E-state index in [-0.39, 0.29) is 11.7 Å². The lowest BCUT2D eigenvalue weighted by Crippen LogP contribution is -2.42. The SMILES string of the molecule is CC1CCCN(C(=O)OC(C)(C)C)C1.CCCC. The largest absolute Gasteiger partial charge is 0.444 e. The molecule has 1 aliphatic heterocycles. The summed E-state index contributed by atoms with van der Waals surface area (Å²) in [5, 5.41) is 0. The Morgan fingerprint density at radius 2 is 1.83 bits per heavy atom. The highest BCUT2D eigenvalue weighted by molar-refractivity contribution is 5.68. The van der Waals surface area contributed by atoms with Gasteiger partial charge in [-0.3, -0.25) is 0 Å². The number of nitrogens with zero attached hydrogens (tertiary/aromatic N) is 1. The van der Waals surface area contributed by atoms with Crippen molar-refractivity contribution >= 4 is 6.09 Å². The van der Waals surface area contributed by atoms with Gasteiger partial charge in [0.1, 0.15) is 5.60 Å². The summed E-state index contributed by atoms with van der Waals surface area (Å²) in [6.07, 6.45) is 4.80. The van der Waals surface area contributed by atoms with Crippen molar-refractivity contribution in [2.24, 2.45) is 5.92 Å². The summed E-state index contributed by atoms with van der Waals surface area (Å²) in [7, 11) is 0.